The van der Waals surface area contributed by atoms with Gasteiger partial charge in [0.1, 0.15) is 25.1 Å². The highest BCUT2D eigenvalue weighted by Crippen LogP contribution is 2.10. The Hall–Kier alpha value is -2.55. The van der Waals surface area contributed by atoms with Crippen LogP contribution in [0.5, 0.6) is 0 Å². The molecule has 2 aromatic heterocycles. The van der Waals surface area contributed by atoms with Gasteiger partial charge in [0.05, 0.1) is 18.8 Å². The van der Waals surface area contributed by atoms with Crippen LogP contribution in [0.4, 0.5) is 0 Å². The molecule has 0 radical (unpaired) electrons. The summed E-state index contributed by atoms with van der Waals surface area (Å²) in [5.74, 6) is 0.492. The van der Waals surface area contributed by atoms with E-state index in [-0.39, 0.29) is 18.1 Å². The van der Waals surface area contributed by atoms with Gasteiger partial charge in [-0.1, -0.05) is 0 Å². The van der Waals surface area contributed by atoms with E-state index in [2.05, 4.69) is 15.1 Å². The molecule has 0 fully saturated rings. The zero-order chi connectivity index (χ0) is 16.2. The maximum atomic E-state index is 12.3. The van der Waals surface area contributed by atoms with Crippen LogP contribution in [-0.4, -0.2) is 55.4 Å². The first kappa shape index (κ1) is 15.3. The second kappa shape index (κ2) is 6.69. The van der Waals surface area contributed by atoms with Gasteiger partial charge in [0.25, 0.3) is 5.56 Å². The van der Waals surface area contributed by atoms with E-state index in [1.807, 2.05) is 0 Å². The molecule has 0 spiro atoms. The van der Waals surface area contributed by atoms with Crippen LogP contribution >= 0.6 is 0 Å². The summed E-state index contributed by atoms with van der Waals surface area (Å²) in [4.78, 5) is 34.5. The summed E-state index contributed by atoms with van der Waals surface area (Å²) in [6.07, 6.45) is 3.72. The molecule has 23 heavy (non-hydrogen) atoms. The fourth-order valence-corrected chi connectivity index (χ4v) is 2.62. The third-order valence-electron chi connectivity index (χ3n) is 3.69. The number of ether oxygens (including phenoxy) is 1. The Morgan fingerprint density at radius 2 is 2.26 bits per heavy atom. The number of methoxy groups -OCH3 is 1. The SMILES string of the molecule is COCC(=O)N1CCCn2c(nc(Cn3cncn3)cc2=O)C1. The van der Waals surface area contributed by atoms with Gasteiger partial charge in [0, 0.05) is 26.3 Å². The van der Waals surface area contributed by atoms with Crippen molar-refractivity contribution in [2.45, 2.75) is 26.1 Å². The van der Waals surface area contributed by atoms with Crippen molar-refractivity contribution in [2.24, 2.45) is 0 Å². The second-order valence-electron chi connectivity index (χ2n) is 5.35. The van der Waals surface area contributed by atoms with E-state index in [0.717, 1.165) is 0 Å². The average molecular weight is 318 g/mol. The molecule has 3 heterocycles. The van der Waals surface area contributed by atoms with E-state index in [1.165, 1.54) is 19.5 Å². The lowest BCUT2D eigenvalue weighted by atomic mass is 10.3. The van der Waals surface area contributed by atoms with Crippen molar-refractivity contribution in [3.05, 3.63) is 40.6 Å². The van der Waals surface area contributed by atoms with Crippen LogP contribution in [0, 0.1) is 0 Å². The molecule has 0 aromatic carbocycles. The molecular weight excluding hydrogens is 300 g/mol. The molecule has 0 saturated carbocycles. The smallest absolute Gasteiger partial charge is 0.253 e. The minimum absolute atomic E-state index is 0.0306. The number of hydrogen-bond acceptors (Lipinski definition) is 6. The zero-order valence-electron chi connectivity index (χ0n) is 12.9. The van der Waals surface area contributed by atoms with Crippen LogP contribution in [0.2, 0.25) is 0 Å². The van der Waals surface area contributed by atoms with E-state index in [4.69, 9.17) is 4.74 Å². The van der Waals surface area contributed by atoms with Crippen molar-refractivity contribution >= 4 is 5.91 Å². The fourth-order valence-electron chi connectivity index (χ4n) is 2.62. The number of carbonyl (C=O) groups excluding carboxylic acids is 1. The van der Waals surface area contributed by atoms with Crippen LogP contribution in [0.1, 0.15) is 17.9 Å². The largest absolute Gasteiger partial charge is 0.375 e. The third-order valence-corrected chi connectivity index (χ3v) is 3.69. The van der Waals surface area contributed by atoms with E-state index >= 15 is 0 Å². The molecule has 1 aliphatic rings. The Balaban J connectivity index is 1.88. The number of amides is 1. The molecule has 9 heteroatoms. The molecule has 0 aliphatic carbocycles. The molecule has 0 atom stereocenters. The summed E-state index contributed by atoms with van der Waals surface area (Å²) < 4.78 is 8.13. The van der Waals surface area contributed by atoms with Gasteiger partial charge in [0.15, 0.2) is 0 Å². The normalized spacial score (nSPS) is 14.4. The Morgan fingerprint density at radius 1 is 1.39 bits per heavy atom. The number of rotatable bonds is 4. The maximum Gasteiger partial charge on any atom is 0.253 e. The number of carbonyl (C=O) groups is 1. The minimum Gasteiger partial charge on any atom is -0.375 e. The quantitative estimate of drug-likeness (QED) is 0.737. The van der Waals surface area contributed by atoms with Gasteiger partial charge >= 0.3 is 0 Å². The summed E-state index contributed by atoms with van der Waals surface area (Å²) in [7, 11) is 1.49. The Bertz CT molecular complexity index is 739. The second-order valence-corrected chi connectivity index (χ2v) is 5.35. The topological polar surface area (TPSA) is 95.1 Å². The van der Waals surface area contributed by atoms with Crippen LogP contribution in [0.15, 0.2) is 23.5 Å². The first-order valence-corrected chi connectivity index (χ1v) is 7.36. The van der Waals surface area contributed by atoms with Gasteiger partial charge in [-0.25, -0.2) is 14.6 Å². The van der Waals surface area contributed by atoms with Gasteiger partial charge in [-0.15, -0.1) is 0 Å². The Morgan fingerprint density at radius 3 is 3.00 bits per heavy atom. The van der Waals surface area contributed by atoms with Crippen molar-refractivity contribution in [3.63, 3.8) is 0 Å². The molecule has 1 amide bonds. The van der Waals surface area contributed by atoms with Crippen LogP contribution in [0.25, 0.3) is 0 Å². The highest BCUT2D eigenvalue weighted by atomic mass is 16.5. The Kier molecular flexibility index (Phi) is 4.47. The monoisotopic (exact) mass is 318 g/mol. The third kappa shape index (κ3) is 3.45. The lowest BCUT2D eigenvalue weighted by molar-refractivity contribution is -0.135. The number of fused-ring (bicyclic) bond motifs is 1. The lowest BCUT2D eigenvalue weighted by Crippen LogP contribution is -2.34. The molecule has 2 aromatic rings. The first-order chi connectivity index (χ1) is 11.2. The summed E-state index contributed by atoms with van der Waals surface area (Å²) >= 11 is 0. The molecule has 0 saturated heterocycles. The zero-order valence-corrected chi connectivity index (χ0v) is 12.9. The van der Waals surface area contributed by atoms with Crippen LogP contribution in [0.3, 0.4) is 0 Å². The van der Waals surface area contributed by atoms with Gasteiger partial charge in [-0.3, -0.25) is 14.2 Å². The molecule has 0 N–H and O–H groups in total. The van der Waals surface area contributed by atoms with E-state index in [0.29, 0.717) is 44.1 Å². The predicted molar refractivity (Wildman–Crippen MR) is 79.5 cm³/mol. The van der Waals surface area contributed by atoms with Gasteiger partial charge in [0.2, 0.25) is 5.91 Å². The summed E-state index contributed by atoms with van der Waals surface area (Å²) in [5, 5.41) is 4.01. The van der Waals surface area contributed by atoms with Gasteiger partial charge in [-0.2, -0.15) is 5.10 Å². The van der Waals surface area contributed by atoms with Crippen molar-refractivity contribution in [2.75, 3.05) is 20.3 Å². The molecular formula is C14H18N6O3. The van der Waals surface area contributed by atoms with E-state index < -0.39 is 0 Å². The van der Waals surface area contributed by atoms with Crippen molar-refractivity contribution in [3.8, 4) is 0 Å². The van der Waals surface area contributed by atoms with Crippen molar-refractivity contribution < 1.29 is 9.53 Å². The standard InChI is InChI=1S/C14H18N6O3/c1-23-8-14(22)18-3-2-4-20-12(7-18)17-11(5-13(20)21)6-19-10-15-9-16-19/h5,9-10H,2-4,6-8H2,1H3. The lowest BCUT2D eigenvalue weighted by Gasteiger charge is -2.19. The molecule has 1 aliphatic heterocycles. The van der Waals surface area contributed by atoms with Crippen molar-refractivity contribution in [1.82, 2.24) is 29.2 Å². The van der Waals surface area contributed by atoms with Gasteiger partial charge in [-0.05, 0) is 6.42 Å². The van der Waals surface area contributed by atoms with Crippen LogP contribution < -0.4 is 5.56 Å². The molecule has 122 valence electrons. The summed E-state index contributed by atoms with van der Waals surface area (Å²) in [5.41, 5.74) is 0.499. The van der Waals surface area contributed by atoms with Crippen molar-refractivity contribution in [1.29, 1.82) is 0 Å². The Labute approximate surface area is 132 Å². The van der Waals surface area contributed by atoms with Crippen LogP contribution in [-0.2, 0) is 29.2 Å². The highest BCUT2D eigenvalue weighted by molar-refractivity contribution is 5.77. The maximum absolute atomic E-state index is 12.3. The number of hydrogen-bond donors (Lipinski definition) is 0. The minimum atomic E-state index is -0.105. The fraction of sp³-hybridized carbons (Fsp3) is 0.500. The molecule has 0 bridgehead atoms. The summed E-state index contributed by atoms with van der Waals surface area (Å²) in [6.45, 7) is 1.85. The molecule has 9 nitrogen and oxygen atoms in total. The summed E-state index contributed by atoms with van der Waals surface area (Å²) in [6, 6.07) is 1.51. The van der Waals surface area contributed by atoms with E-state index in [1.54, 1.807) is 20.5 Å². The number of nitrogens with zero attached hydrogens (tertiary/aromatic N) is 6. The predicted octanol–water partition coefficient (Wildman–Crippen LogP) is -0.738. The molecule has 3 rings (SSSR count). The number of aromatic nitrogens is 5. The van der Waals surface area contributed by atoms with Gasteiger partial charge < -0.3 is 9.64 Å². The highest BCUT2D eigenvalue weighted by Gasteiger charge is 2.21. The first-order valence-electron chi connectivity index (χ1n) is 7.36. The molecule has 0 unspecified atom stereocenters. The van der Waals surface area contributed by atoms with E-state index in [9.17, 15) is 9.59 Å². The average Bonchev–Trinajstić information content (AvgIpc) is 2.92.